The minimum absolute atomic E-state index is 0.0822. The largest absolute Gasteiger partial charge is 0.508 e. The van der Waals surface area contributed by atoms with Gasteiger partial charge in [-0.3, -0.25) is 9.59 Å². The molecule has 0 saturated heterocycles. The predicted molar refractivity (Wildman–Crippen MR) is 135 cm³/mol. The van der Waals surface area contributed by atoms with Crippen LogP contribution in [-0.4, -0.2) is 17.4 Å². The second kappa shape index (κ2) is 9.72. The number of thiophene rings is 1. The van der Waals surface area contributed by atoms with E-state index in [1.54, 1.807) is 38.1 Å². The number of hydrogen-bond donors (Lipinski definition) is 1. The third kappa shape index (κ3) is 4.81. The van der Waals surface area contributed by atoms with Crippen LogP contribution in [0.15, 0.2) is 48.7 Å². The molecule has 1 heterocycles. The van der Waals surface area contributed by atoms with Crippen LogP contribution in [-0.2, 0) is 9.53 Å². The van der Waals surface area contributed by atoms with E-state index < -0.39 is 5.82 Å². The third-order valence-electron chi connectivity index (χ3n) is 5.71. The molecule has 5 nitrogen and oxygen atoms in total. The Morgan fingerprint density at radius 3 is 2.26 bits per heavy atom. The van der Waals surface area contributed by atoms with Crippen LogP contribution in [0.3, 0.4) is 0 Å². The highest BCUT2D eigenvalue weighted by Crippen LogP contribution is 2.43. The van der Waals surface area contributed by atoms with Crippen LogP contribution in [0.25, 0.3) is 16.2 Å². The van der Waals surface area contributed by atoms with Gasteiger partial charge in [0.1, 0.15) is 22.2 Å². The first-order valence-corrected chi connectivity index (χ1v) is 11.6. The number of phenols is 1. The van der Waals surface area contributed by atoms with Crippen molar-refractivity contribution < 1.29 is 28.6 Å². The highest BCUT2D eigenvalue weighted by Gasteiger charge is 2.25. The minimum atomic E-state index is -0.395. The number of aryl methyl sites for hydroxylation is 4. The van der Waals surface area contributed by atoms with Crippen molar-refractivity contribution in [3.8, 4) is 17.2 Å². The van der Waals surface area contributed by atoms with Crippen LogP contribution < -0.4 is 4.74 Å². The number of aromatic hydroxyl groups is 1. The molecule has 1 N–H and O–H groups in total. The van der Waals surface area contributed by atoms with E-state index in [1.807, 2.05) is 26.0 Å². The fourth-order valence-corrected chi connectivity index (χ4v) is 5.32. The SMILES string of the molecule is Cc1cc(Oc2c(C(=O)c3c(C)cc(F)cc3C)sc3cc(O)ccc23)cc(C)c1/C=C/OC=O. The van der Waals surface area contributed by atoms with E-state index in [2.05, 4.69) is 4.74 Å². The molecule has 0 aliphatic heterocycles. The lowest BCUT2D eigenvalue weighted by Gasteiger charge is -2.13. The number of benzene rings is 3. The monoisotopic (exact) mass is 490 g/mol. The number of ketones is 1. The standard InChI is InChI=1S/C28H23FO5S/c1-15-11-21(12-16(2)22(15)7-8-33-14-30)34-27-23-6-5-20(31)13-24(23)35-28(27)26(32)25-17(3)9-19(29)10-18(25)4/h5-14,31H,1-4H3/b8-7+. The first-order chi connectivity index (χ1) is 16.7. The zero-order valence-electron chi connectivity index (χ0n) is 19.6. The summed E-state index contributed by atoms with van der Waals surface area (Å²) in [7, 11) is 0. The Balaban J connectivity index is 1.83. The van der Waals surface area contributed by atoms with Gasteiger partial charge in [-0.25, -0.2) is 4.39 Å². The summed E-state index contributed by atoms with van der Waals surface area (Å²) in [6.45, 7) is 7.57. The fourth-order valence-electron chi connectivity index (χ4n) is 4.21. The van der Waals surface area contributed by atoms with Gasteiger partial charge in [0.05, 0.1) is 6.26 Å². The van der Waals surface area contributed by atoms with Crippen LogP contribution in [0.1, 0.15) is 43.1 Å². The van der Waals surface area contributed by atoms with E-state index in [1.165, 1.54) is 29.7 Å². The van der Waals surface area contributed by atoms with E-state index >= 15 is 0 Å². The molecule has 0 radical (unpaired) electrons. The van der Waals surface area contributed by atoms with Crippen LogP contribution >= 0.6 is 11.3 Å². The molecule has 3 aromatic carbocycles. The van der Waals surface area contributed by atoms with E-state index in [0.717, 1.165) is 16.7 Å². The summed E-state index contributed by atoms with van der Waals surface area (Å²) >= 11 is 1.22. The molecule has 0 atom stereocenters. The molecule has 1 aromatic heterocycles. The van der Waals surface area contributed by atoms with E-state index in [9.17, 15) is 19.1 Å². The van der Waals surface area contributed by atoms with Gasteiger partial charge in [0.25, 0.3) is 6.47 Å². The summed E-state index contributed by atoms with van der Waals surface area (Å²) in [6, 6.07) is 11.2. The molecule has 0 aliphatic carbocycles. The van der Waals surface area contributed by atoms with Crippen LogP contribution in [0.5, 0.6) is 17.2 Å². The average molecular weight is 491 g/mol. The van der Waals surface area contributed by atoms with Gasteiger partial charge in [0.2, 0.25) is 5.78 Å². The molecule has 0 aliphatic rings. The molecule has 35 heavy (non-hydrogen) atoms. The topological polar surface area (TPSA) is 72.8 Å². The zero-order chi connectivity index (χ0) is 25.3. The van der Waals surface area contributed by atoms with Gasteiger partial charge < -0.3 is 14.6 Å². The maximum Gasteiger partial charge on any atom is 0.297 e. The number of rotatable bonds is 7. The highest BCUT2D eigenvalue weighted by molar-refractivity contribution is 7.21. The van der Waals surface area contributed by atoms with Crippen molar-refractivity contribution >= 4 is 39.8 Å². The maximum atomic E-state index is 13.9. The Bertz CT molecular complexity index is 1450. The van der Waals surface area contributed by atoms with Crippen molar-refractivity contribution in [3.05, 3.63) is 92.8 Å². The van der Waals surface area contributed by atoms with Crippen molar-refractivity contribution in [1.29, 1.82) is 0 Å². The lowest BCUT2D eigenvalue weighted by atomic mass is 9.97. The van der Waals surface area contributed by atoms with E-state index in [4.69, 9.17) is 4.74 Å². The summed E-state index contributed by atoms with van der Waals surface area (Å²) in [6.07, 6.45) is 3.01. The Hall–Kier alpha value is -3.97. The van der Waals surface area contributed by atoms with Crippen molar-refractivity contribution in [3.63, 3.8) is 0 Å². The molecule has 0 amide bonds. The molecule has 0 saturated carbocycles. The van der Waals surface area contributed by atoms with Crippen LogP contribution in [0.4, 0.5) is 4.39 Å². The number of carbonyl (C=O) groups is 2. The summed E-state index contributed by atoms with van der Waals surface area (Å²) in [5.41, 5.74) is 4.17. The lowest BCUT2D eigenvalue weighted by Crippen LogP contribution is -2.06. The number of fused-ring (bicyclic) bond motifs is 1. The minimum Gasteiger partial charge on any atom is -0.508 e. The normalized spacial score (nSPS) is 11.2. The quantitative estimate of drug-likeness (QED) is 0.169. The van der Waals surface area contributed by atoms with Crippen molar-refractivity contribution in [2.75, 3.05) is 0 Å². The molecule has 0 spiro atoms. The average Bonchev–Trinajstić information content (AvgIpc) is 3.12. The van der Waals surface area contributed by atoms with Gasteiger partial charge in [0, 0.05) is 15.6 Å². The van der Waals surface area contributed by atoms with Crippen LogP contribution in [0, 0.1) is 33.5 Å². The molecule has 0 unspecified atom stereocenters. The number of halogens is 1. The lowest BCUT2D eigenvalue weighted by molar-refractivity contribution is -0.123. The van der Waals surface area contributed by atoms with Gasteiger partial charge in [-0.05, 0) is 104 Å². The maximum absolute atomic E-state index is 13.9. The second-order valence-electron chi connectivity index (χ2n) is 8.29. The van der Waals surface area contributed by atoms with Crippen molar-refractivity contribution in [2.24, 2.45) is 0 Å². The first kappa shape index (κ1) is 24.2. The molecule has 178 valence electrons. The van der Waals surface area contributed by atoms with Gasteiger partial charge in [-0.15, -0.1) is 11.3 Å². The van der Waals surface area contributed by atoms with Gasteiger partial charge in [0.15, 0.2) is 5.75 Å². The Labute approximate surface area is 206 Å². The Morgan fingerprint density at radius 2 is 1.63 bits per heavy atom. The fraction of sp³-hybridized carbons (Fsp3) is 0.143. The van der Waals surface area contributed by atoms with Gasteiger partial charge in [-0.1, -0.05) is 0 Å². The highest BCUT2D eigenvalue weighted by atomic mass is 32.1. The third-order valence-corrected chi connectivity index (χ3v) is 6.85. The van der Waals surface area contributed by atoms with Gasteiger partial charge in [-0.2, -0.15) is 0 Å². The first-order valence-electron chi connectivity index (χ1n) is 10.8. The van der Waals surface area contributed by atoms with Crippen molar-refractivity contribution in [1.82, 2.24) is 0 Å². The molecule has 7 heteroatoms. The summed E-state index contributed by atoms with van der Waals surface area (Å²) < 4.78 is 25.5. The number of carbonyl (C=O) groups excluding carboxylic acids is 2. The molecule has 4 aromatic rings. The molecular formula is C28H23FO5S. The van der Waals surface area contributed by atoms with Crippen LogP contribution in [0.2, 0.25) is 0 Å². The van der Waals surface area contributed by atoms with E-state index in [-0.39, 0.29) is 11.5 Å². The molecule has 0 fully saturated rings. The summed E-state index contributed by atoms with van der Waals surface area (Å²) in [5.74, 6) is 0.328. The smallest absolute Gasteiger partial charge is 0.297 e. The van der Waals surface area contributed by atoms with Gasteiger partial charge >= 0.3 is 0 Å². The second-order valence-corrected chi connectivity index (χ2v) is 9.34. The van der Waals surface area contributed by atoms with Crippen molar-refractivity contribution in [2.45, 2.75) is 27.7 Å². The molecule has 4 rings (SSSR count). The number of ether oxygens (including phenoxy) is 2. The summed E-state index contributed by atoms with van der Waals surface area (Å²) in [5, 5.41) is 10.7. The Kier molecular flexibility index (Phi) is 6.71. The number of hydrogen-bond acceptors (Lipinski definition) is 6. The van der Waals surface area contributed by atoms with E-state index in [0.29, 0.717) is 49.6 Å². The number of phenolic OH excluding ortho intramolecular Hbond substituents is 1. The Morgan fingerprint density at radius 1 is 0.971 bits per heavy atom. The predicted octanol–water partition coefficient (Wildman–Crippen LogP) is 7.15. The molecule has 0 bridgehead atoms. The molecular weight excluding hydrogens is 467 g/mol. The summed E-state index contributed by atoms with van der Waals surface area (Å²) in [4.78, 5) is 24.5. The zero-order valence-corrected chi connectivity index (χ0v) is 20.5.